The molecule has 0 heterocycles. The SMILES string of the molecule is COC(=O)C1CC1CCc1ccccc1Cl. The van der Waals surface area contributed by atoms with E-state index in [1.807, 2.05) is 24.3 Å². The molecule has 0 N–H and O–H groups in total. The quantitative estimate of drug-likeness (QED) is 0.754. The van der Waals surface area contributed by atoms with E-state index in [1.54, 1.807) is 0 Å². The number of hydrogen-bond donors (Lipinski definition) is 0. The highest BCUT2D eigenvalue weighted by atomic mass is 35.5. The zero-order valence-corrected chi connectivity index (χ0v) is 10.0. The van der Waals surface area contributed by atoms with E-state index in [2.05, 4.69) is 0 Å². The van der Waals surface area contributed by atoms with Crippen molar-refractivity contribution >= 4 is 17.6 Å². The van der Waals surface area contributed by atoms with Crippen molar-refractivity contribution in [1.29, 1.82) is 0 Å². The molecular weight excluding hydrogens is 224 g/mol. The average molecular weight is 239 g/mol. The Morgan fingerprint density at radius 1 is 1.50 bits per heavy atom. The fourth-order valence-corrected chi connectivity index (χ4v) is 2.28. The Bertz CT molecular complexity index is 389. The molecule has 3 heteroatoms. The van der Waals surface area contributed by atoms with Crippen molar-refractivity contribution in [2.45, 2.75) is 19.3 Å². The van der Waals surface area contributed by atoms with Crippen molar-refractivity contribution in [3.05, 3.63) is 34.9 Å². The summed E-state index contributed by atoms with van der Waals surface area (Å²) in [5.74, 6) is 0.556. The first-order valence-electron chi connectivity index (χ1n) is 5.53. The summed E-state index contributed by atoms with van der Waals surface area (Å²) in [4.78, 5) is 11.2. The van der Waals surface area contributed by atoms with E-state index in [0.29, 0.717) is 5.92 Å². The molecule has 1 saturated carbocycles. The number of benzene rings is 1. The summed E-state index contributed by atoms with van der Waals surface area (Å²) < 4.78 is 4.72. The maximum Gasteiger partial charge on any atom is 0.308 e. The second-order valence-electron chi connectivity index (χ2n) is 4.26. The number of halogens is 1. The van der Waals surface area contributed by atoms with E-state index < -0.39 is 0 Å². The smallest absolute Gasteiger partial charge is 0.308 e. The molecule has 16 heavy (non-hydrogen) atoms. The van der Waals surface area contributed by atoms with Crippen LogP contribution in [0.15, 0.2) is 24.3 Å². The van der Waals surface area contributed by atoms with Crippen LogP contribution in [0, 0.1) is 11.8 Å². The second kappa shape index (κ2) is 4.88. The minimum absolute atomic E-state index is 0.0656. The molecule has 1 fully saturated rings. The molecule has 0 bridgehead atoms. The number of esters is 1. The third-order valence-electron chi connectivity index (χ3n) is 3.17. The molecule has 1 aromatic rings. The van der Waals surface area contributed by atoms with Gasteiger partial charge < -0.3 is 4.74 Å². The lowest BCUT2D eigenvalue weighted by atomic mass is 10.1. The number of ether oxygens (including phenoxy) is 1. The lowest BCUT2D eigenvalue weighted by Gasteiger charge is -2.03. The molecule has 0 aromatic heterocycles. The van der Waals surface area contributed by atoms with Gasteiger partial charge in [0.05, 0.1) is 13.0 Å². The molecule has 0 amide bonds. The third-order valence-corrected chi connectivity index (χ3v) is 3.54. The highest BCUT2D eigenvalue weighted by molar-refractivity contribution is 6.31. The predicted molar refractivity (Wildman–Crippen MR) is 63.4 cm³/mol. The molecule has 2 rings (SSSR count). The highest BCUT2D eigenvalue weighted by Gasteiger charge is 2.43. The van der Waals surface area contributed by atoms with Crippen LogP contribution in [0.1, 0.15) is 18.4 Å². The summed E-state index contributed by atoms with van der Waals surface area (Å²) >= 11 is 6.06. The van der Waals surface area contributed by atoms with Gasteiger partial charge in [-0.2, -0.15) is 0 Å². The first kappa shape index (κ1) is 11.5. The number of aryl methyl sites for hydroxylation is 1. The lowest BCUT2D eigenvalue weighted by Crippen LogP contribution is -2.04. The monoisotopic (exact) mass is 238 g/mol. The summed E-state index contributed by atoms with van der Waals surface area (Å²) in [7, 11) is 1.45. The molecule has 0 aliphatic heterocycles. The number of carbonyl (C=O) groups excluding carboxylic acids is 1. The molecule has 1 aliphatic rings. The first-order valence-corrected chi connectivity index (χ1v) is 5.91. The Hall–Kier alpha value is -1.02. The van der Waals surface area contributed by atoms with Crippen molar-refractivity contribution < 1.29 is 9.53 Å². The molecule has 1 aliphatic carbocycles. The Labute approximate surface area is 101 Å². The van der Waals surface area contributed by atoms with Crippen molar-refractivity contribution in [2.75, 3.05) is 7.11 Å². The number of carbonyl (C=O) groups is 1. The van der Waals surface area contributed by atoms with Crippen LogP contribution >= 0.6 is 11.6 Å². The third kappa shape index (κ3) is 2.56. The van der Waals surface area contributed by atoms with Gasteiger partial charge in [-0.05, 0) is 36.8 Å². The van der Waals surface area contributed by atoms with E-state index in [1.165, 1.54) is 12.7 Å². The second-order valence-corrected chi connectivity index (χ2v) is 4.66. The Kier molecular flexibility index (Phi) is 3.49. The highest BCUT2D eigenvalue weighted by Crippen LogP contribution is 2.42. The lowest BCUT2D eigenvalue weighted by molar-refractivity contribution is -0.142. The van der Waals surface area contributed by atoms with E-state index >= 15 is 0 Å². The van der Waals surface area contributed by atoms with Gasteiger partial charge in [0.2, 0.25) is 0 Å². The molecule has 0 radical (unpaired) electrons. The van der Waals surface area contributed by atoms with E-state index in [9.17, 15) is 4.79 Å². The molecule has 86 valence electrons. The summed E-state index contributed by atoms with van der Waals surface area (Å²) in [6.45, 7) is 0. The fourth-order valence-electron chi connectivity index (χ4n) is 2.05. The van der Waals surface area contributed by atoms with Crippen LogP contribution < -0.4 is 0 Å². The molecule has 2 atom stereocenters. The van der Waals surface area contributed by atoms with Crippen LogP contribution in [0.5, 0.6) is 0 Å². The number of rotatable bonds is 4. The van der Waals surface area contributed by atoms with Crippen LogP contribution in [-0.2, 0) is 16.0 Å². The van der Waals surface area contributed by atoms with Crippen LogP contribution in [-0.4, -0.2) is 13.1 Å². The van der Waals surface area contributed by atoms with Gasteiger partial charge >= 0.3 is 5.97 Å². The predicted octanol–water partition coefficient (Wildman–Crippen LogP) is 3.08. The van der Waals surface area contributed by atoms with E-state index in [-0.39, 0.29) is 11.9 Å². The molecule has 0 spiro atoms. The maximum absolute atomic E-state index is 11.2. The first-order chi connectivity index (χ1) is 7.72. The van der Waals surface area contributed by atoms with Gasteiger partial charge in [0.15, 0.2) is 0 Å². The van der Waals surface area contributed by atoms with Crippen LogP contribution in [0.25, 0.3) is 0 Å². The van der Waals surface area contributed by atoms with Crippen molar-refractivity contribution in [3.8, 4) is 0 Å². The van der Waals surface area contributed by atoms with Gasteiger partial charge in [-0.15, -0.1) is 0 Å². The summed E-state index contributed by atoms with van der Waals surface area (Å²) in [6.07, 6.45) is 2.93. The maximum atomic E-state index is 11.2. The van der Waals surface area contributed by atoms with Crippen molar-refractivity contribution in [3.63, 3.8) is 0 Å². The van der Waals surface area contributed by atoms with Gasteiger partial charge in [-0.1, -0.05) is 29.8 Å². The van der Waals surface area contributed by atoms with E-state index in [4.69, 9.17) is 16.3 Å². The minimum atomic E-state index is -0.0656. The van der Waals surface area contributed by atoms with Crippen molar-refractivity contribution in [1.82, 2.24) is 0 Å². The average Bonchev–Trinajstić information content (AvgIpc) is 3.06. The molecule has 1 aromatic carbocycles. The van der Waals surface area contributed by atoms with Gasteiger partial charge in [0.25, 0.3) is 0 Å². The Morgan fingerprint density at radius 2 is 2.25 bits per heavy atom. The number of hydrogen-bond acceptors (Lipinski definition) is 2. The Balaban J connectivity index is 1.82. The minimum Gasteiger partial charge on any atom is -0.469 e. The van der Waals surface area contributed by atoms with Gasteiger partial charge in [-0.25, -0.2) is 0 Å². The topological polar surface area (TPSA) is 26.3 Å². The van der Waals surface area contributed by atoms with Crippen LogP contribution in [0.2, 0.25) is 5.02 Å². The van der Waals surface area contributed by atoms with E-state index in [0.717, 1.165) is 24.3 Å². The number of methoxy groups -OCH3 is 1. The molecular formula is C13H15ClO2. The van der Waals surface area contributed by atoms with Crippen molar-refractivity contribution in [2.24, 2.45) is 11.8 Å². The van der Waals surface area contributed by atoms with Gasteiger partial charge in [-0.3, -0.25) is 4.79 Å². The summed E-state index contributed by atoms with van der Waals surface area (Å²) in [6, 6.07) is 7.87. The standard InChI is InChI=1S/C13H15ClO2/c1-16-13(15)11-8-10(11)7-6-9-4-2-3-5-12(9)14/h2-5,10-11H,6-8H2,1H3. The zero-order valence-electron chi connectivity index (χ0n) is 9.28. The summed E-state index contributed by atoms with van der Waals surface area (Å²) in [5.41, 5.74) is 1.17. The summed E-state index contributed by atoms with van der Waals surface area (Å²) in [5, 5.41) is 0.817. The normalized spacial score (nSPS) is 22.9. The molecule has 2 unspecified atom stereocenters. The van der Waals surface area contributed by atoms with Gasteiger partial charge in [0, 0.05) is 5.02 Å². The van der Waals surface area contributed by atoms with Gasteiger partial charge in [0.1, 0.15) is 0 Å². The molecule has 2 nitrogen and oxygen atoms in total. The Morgan fingerprint density at radius 3 is 2.94 bits per heavy atom. The molecule has 0 saturated heterocycles. The fraction of sp³-hybridized carbons (Fsp3) is 0.462. The zero-order chi connectivity index (χ0) is 11.5. The largest absolute Gasteiger partial charge is 0.469 e. The van der Waals surface area contributed by atoms with Crippen LogP contribution in [0.3, 0.4) is 0 Å². The van der Waals surface area contributed by atoms with Crippen LogP contribution in [0.4, 0.5) is 0 Å².